The third-order valence-corrected chi connectivity index (χ3v) is 4.75. The van der Waals surface area contributed by atoms with Crippen LogP contribution in [0.25, 0.3) is 0 Å². The van der Waals surface area contributed by atoms with E-state index < -0.39 is 0 Å². The summed E-state index contributed by atoms with van der Waals surface area (Å²) in [6.07, 6.45) is 15.4. The topological polar surface area (TPSA) is 32.3 Å². The lowest BCUT2D eigenvalue weighted by atomic mass is 9.96. The Hall–Kier alpha value is -0.0800. The summed E-state index contributed by atoms with van der Waals surface area (Å²) >= 11 is 0. The van der Waals surface area contributed by atoms with Crippen molar-refractivity contribution in [1.82, 2.24) is 5.32 Å². The van der Waals surface area contributed by atoms with E-state index in [1.54, 1.807) is 0 Å². The maximum Gasteiger partial charge on any atom is 0.0471 e. The van der Waals surface area contributed by atoms with E-state index in [1.165, 1.54) is 70.6 Å². The number of nitrogens with one attached hydrogen (secondary N) is 1. The zero-order valence-corrected chi connectivity index (χ0v) is 13.2. The van der Waals surface area contributed by atoms with Crippen molar-refractivity contribution in [2.24, 2.45) is 5.92 Å². The summed E-state index contributed by atoms with van der Waals surface area (Å²) in [5.41, 5.74) is 0. The number of aliphatic hydroxyl groups excluding tert-OH is 1. The molecule has 0 heterocycles. The molecule has 0 aromatic rings. The first-order valence-corrected chi connectivity index (χ1v) is 8.61. The van der Waals surface area contributed by atoms with Crippen LogP contribution in [0.2, 0.25) is 0 Å². The molecule has 2 nitrogen and oxygen atoms in total. The third kappa shape index (κ3) is 7.94. The summed E-state index contributed by atoms with van der Waals surface area (Å²) < 4.78 is 0. The second-order valence-electron chi connectivity index (χ2n) is 6.57. The van der Waals surface area contributed by atoms with Crippen molar-refractivity contribution in [2.45, 2.75) is 96.6 Å². The Balaban J connectivity index is 2.33. The van der Waals surface area contributed by atoms with Gasteiger partial charge in [-0.15, -0.1) is 0 Å². The summed E-state index contributed by atoms with van der Waals surface area (Å²) in [6, 6.07) is 1.10. The second-order valence-corrected chi connectivity index (χ2v) is 6.57. The minimum Gasteiger partial charge on any atom is -0.396 e. The first kappa shape index (κ1) is 17.0. The van der Waals surface area contributed by atoms with Crippen LogP contribution in [-0.2, 0) is 0 Å². The standard InChI is InChI=1S/C17H35NO/c1-15(14-19)16(2)18-17-12-10-8-6-4-3-5-7-9-11-13-17/h15-19H,3-14H2,1-2H3. The lowest BCUT2D eigenvalue weighted by Crippen LogP contribution is -2.41. The van der Waals surface area contributed by atoms with Crippen LogP contribution in [0.3, 0.4) is 0 Å². The van der Waals surface area contributed by atoms with E-state index in [0.717, 1.165) is 0 Å². The molecule has 114 valence electrons. The minimum atomic E-state index is 0.293. The fraction of sp³-hybridized carbons (Fsp3) is 1.00. The Kier molecular flexibility index (Phi) is 9.54. The van der Waals surface area contributed by atoms with Crippen molar-refractivity contribution >= 4 is 0 Å². The van der Waals surface area contributed by atoms with Gasteiger partial charge in [0.25, 0.3) is 0 Å². The molecule has 2 atom stereocenters. The predicted octanol–water partition coefficient (Wildman–Crippen LogP) is 4.27. The van der Waals surface area contributed by atoms with Crippen molar-refractivity contribution in [1.29, 1.82) is 0 Å². The van der Waals surface area contributed by atoms with Crippen molar-refractivity contribution in [2.75, 3.05) is 6.61 Å². The van der Waals surface area contributed by atoms with Gasteiger partial charge in [0, 0.05) is 18.7 Å². The summed E-state index contributed by atoms with van der Waals surface area (Å²) in [5.74, 6) is 0.362. The molecule has 2 N–H and O–H groups in total. The van der Waals surface area contributed by atoms with Gasteiger partial charge in [-0.3, -0.25) is 0 Å². The van der Waals surface area contributed by atoms with Gasteiger partial charge in [-0.1, -0.05) is 64.7 Å². The molecular weight excluding hydrogens is 234 g/mol. The van der Waals surface area contributed by atoms with Crippen molar-refractivity contribution < 1.29 is 5.11 Å². The molecular formula is C17H35NO. The molecule has 2 unspecified atom stereocenters. The van der Waals surface area contributed by atoms with E-state index >= 15 is 0 Å². The second kappa shape index (κ2) is 10.7. The molecule has 0 bridgehead atoms. The molecule has 0 aromatic heterocycles. The van der Waals surface area contributed by atoms with Crippen LogP contribution in [0.15, 0.2) is 0 Å². The highest BCUT2D eigenvalue weighted by Crippen LogP contribution is 2.18. The Morgan fingerprint density at radius 2 is 1.26 bits per heavy atom. The molecule has 1 fully saturated rings. The van der Waals surface area contributed by atoms with E-state index in [4.69, 9.17) is 0 Å². The first-order valence-electron chi connectivity index (χ1n) is 8.61. The van der Waals surface area contributed by atoms with Crippen LogP contribution in [0.1, 0.15) is 84.5 Å². The Morgan fingerprint density at radius 3 is 1.68 bits per heavy atom. The molecule has 1 saturated carbocycles. The predicted molar refractivity (Wildman–Crippen MR) is 83.4 cm³/mol. The SMILES string of the molecule is CC(CO)C(C)NC1CCCCCCCCCCC1. The van der Waals surface area contributed by atoms with Crippen LogP contribution < -0.4 is 5.32 Å². The molecule has 0 saturated heterocycles. The van der Waals surface area contributed by atoms with E-state index in [2.05, 4.69) is 19.2 Å². The molecule has 0 spiro atoms. The molecule has 1 rings (SSSR count). The van der Waals surface area contributed by atoms with Crippen molar-refractivity contribution in [3.05, 3.63) is 0 Å². The van der Waals surface area contributed by atoms with Gasteiger partial charge in [0.1, 0.15) is 0 Å². The number of rotatable bonds is 4. The van der Waals surface area contributed by atoms with Gasteiger partial charge in [0.05, 0.1) is 0 Å². The largest absolute Gasteiger partial charge is 0.396 e. The highest BCUT2D eigenvalue weighted by atomic mass is 16.3. The molecule has 0 radical (unpaired) electrons. The Labute approximate surface area is 120 Å². The fourth-order valence-corrected chi connectivity index (χ4v) is 3.02. The van der Waals surface area contributed by atoms with Crippen molar-refractivity contribution in [3.8, 4) is 0 Å². The normalized spacial score (nSPS) is 24.2. The van der Waals surface area contributed by atoms with Crippen LogP contribution >= 0.6 is 0 Å². The number of aliphatic hydroxyl groups is 1. The van der Waals surface area contributed by atoms with Gasteiger partial charge in [0.15, 0.2) is 0 Å². The zero-order chi connectivity index (χ0) is 13.9. The van der Waals surface area contributed by atoms with Crippen LogP contribution in [-0.4, -0.2) is 23.8 Å². The summed E-state index contributed by atoms with van der Waals surface area (Å²) in [5, 5.41) is 13.0. The van der Waals surface area contributed by atoms with Crippen LogP contribution in [0.4, 0.5) is 0 Å². The molecule has 0 aromatic carbocycles. The van der Waals surface area contributed by atoms with Gasteiger partial charge < -0.3 is 10.4 Å². The lowest BCUT2D eigenvalue weighted by Gasteiger charge is -2.27. The third-order valence-electron chi connectivity index (χ3n) is 4.75. The molecule has 0 amide bonds. The van der Waals surface area contributed by atoms with Crippen LogP contribution in [0, 0.1) is 5.92 Å². The first-order chi connectivity index (χ1) is 9.24. The van der Waals surface area contributed by atoms with E-state index in [9.17, 15) is 5.11 Å². The highest BCUT2D eigenvalue weighted by molar-refractivity contribution is 4.75. The van der Waals surface area contributed by atoms with Gasteiger partial charge in [-0.25, -0.2) is 0 Å². The number of hydrogen-bond acceptors (Lipinski definition) is 2. The fourth-order valence-electron chi connectivity index (χ4n) is 3.02. The average Bonchev–Trinajstić information content (AvgIpc) is 2.40. The quantitative estimate of drug-likeness (QED) is 0.799. The smallest absolute Gasteiger partial charge is 0.0471 e. The minimum absolute atomic E-state index is 0.293. The average molecular weight is 269 g/mol. The Morgan fingerprint density at radius 1 is 0.842 bits per heavy atom. The molecule has 1 aliphatic carbocycles. The van der Waals surface area contributed by atoms with Crippen LogP contribution in [0.5, 0.6) is 0 Å². The van der Waals surface area contributed by atoms with Gasteiger partial charge >= 0.3 is 0 Å². The van der Waals surface area contributed by atoms with Crippen molar-refractivity contribution in [3.63, 3.8) is 0 Å². The maximum absolute atomic E-state index is 9.25. The summed E-state index contributed by atoms with van der Waals surface area (Å²) in [6.45, 7) is 4.64. The lowest BCUT2D eigenvalue weighted by molar-refractivity contribution is 0.197. The summed E-state index contributed by atoms with van der Waals surface area (Å²) in [7, 11) is 0. The highest BCUT2D eigenvalue weighted by Gasteiger charge is 2.16. The van der Waals surface area contributed by atoms with Gasteiger partial charge in [-0.05, 0) is 25.7 Å². The van der Waals surface area contributed by atoms with Gasteiger partial charge in [-0.2, -0.15) is 0 Å². The van der Waals surface area contributed by atoms with E-state index in [0.29, 0.717) is 24.6 Å². The summed E-state index contributed by atoms with van der Waals surface area (Å²) in [4.78, 5) is 0. The molecule has 19 heavy (non-hydrogen) atoms. The number of hydrogen-bond donors (Lipinski definition) is 2. The van der Waals surface area contributed by atoms with Gasteiger partial charge in [0.2, 0.25) is 0 Å². The monoisotopic (exact) mass is 269 g/mol. The molecule has 0 aliphatic heterocycles. The Bertz CT molecular complexity index is 195. The maximum atomic E-state index is 9.25. The molecule has 1 aliphatic rings. The van der Waals surface area contributed by atoms with E-state index in [-0.39, 0.29) is 0 Å². The molecule has 2 heteroatoms. The van der Waals surface area contributed by atoms with E-state index in [1.807, 2.05) is 0 Å². The zero-order valence-electron chi connectivity index (χ0n) is 13.2.